The number of nitrogens with zero attached hydrogens (tertiary/aromatic N) is 6. The van der Waals surface area contributed by atoms with Crippen molar-refractivity contribution < 1.29 is 37.9 Å². The van der Waals surface area contributed by atoms with Crippen LogP contribution in [0.5, 0.6) is 0 Å². The quantitative estimate of drug-likeness (QED) is 0.319. The Bertz CT molecular complexity index is 1130. The van der Waals surface area contributed by atoms with E-state index in [-0.39, 0.29) is 25.2 Å². The van der Waals surface area contributed by atoms with Crippen molar-refractivity contribution >= 4 is 0 Å². The third-order valence-electron chi connectivity index (χ3n) is 10.2. The summed E-state index contributed by atoms with van der Waals surface area (Å²) in [5, 5.41) is 0. The van der Waals surface area contributed by atoms with E-state index in [9.17, 15) is 0 Å². The molecule has 0 N–H and O–H groups in total. The first kappa shape index (κ1) is 38.1. The Morgan fingerprint density at radius 3 is 0.846 bits per heavy atom. The van der Waals surface area contributed by atoms with Gasteiger partial charge in [0.15, 0.2) is 25.2 Å². The second-order valence-electron chi connectivity index (χ2n) is 14.2. The Morgan fingerprint density at radius 1 is 0.385 bits per heavy atom. The molecule has 0 aromatic carbocycles. The maximum Gasteiger partial charge on any atom is 0.159 e. The Balaban J connectivity index is 1.11. The van der Waals surface area contributed by atoms with Crippen molar-refractivity contribution in [2.24, 2.45) is 0 Å². The number of aromatic nitrogens is 2. The second-order valence-corrected chi connectivity index (χ2v) is 14.2. The minimum Gasteiger partial charge on any atom is -0.350 e. The van der Waals surface area contributed by atoms with Crippen LogP contribution in [0.1, 0.15) is 48.5 Å². The highest BCUT2D eigenvalue weighted by Crippen LogP contribution is 2.17. The zero-order valence-electron chi connectivity index (χ0n) is 30.7. The Hall–Kier alpha value is -2.18. The summed E-state index contributed by atoms with van der Waals surface area (Å²) in [4.78, 5) is 20.4. The van der Waals surface area contributed by atoms with Crippen LogP contribution < -0.4 is 0 Å². The Labute approximate surface area is 308 Å². The summed E-state index contributed by atoms with van der Waals surface area (Å²) in [7, 11) is 0. The van der Waals surface area contributed by atoms with Gasteiger partial charge in [0.25, 0.3) is 0 Å². The van der Waals surface area contributed by atoms with Gasteiger partial charge in [-0.1, -0.05) is 12.1 Å². The molecule has 7 rings (SSSR count). The van der Waals surface area contributed by atoms with Crippen LogP contribution in [0, 0.1) is 0 Å². The van der Waals surface area contributed by atoms with Crippen LogP contribution in [-0.4, -0.2) is 160 Å². The summed E-state index contributed by atoms with van der Waals surface area (Å²) in [6.07, 6.45) is 2.70. The van der Waals surface area contributed by atoms with E-state index in [0.717, 1.165) is 127 Å². The van der Waals surface area contributed by atoms with E-state index in [1.54, 1.807) is 0 Å². The molecule has 2 aromatic heterocycles. The van der Waals surface area contributed by atoms with Gasteiger partial charge in [0, 0.05) is 104 Å². The molecule has 0 spiro atoms. The fourth-order valence-electron chi connectivity index (χ4n) is 7.42. The molecule has 0 radical (unpaired) electrons. The summed E-state index contributed by atoms with van der Waals surface area (Å²) in [5.74, 6) is 0. The first-order chi connectivity index (χ1) is 25.7. The fourth-order valence-corrected chi connectivity index (χ4v) is 7.42. The molecule has 4 fully saturated rings. The summed E-state index contributed by atoms with van der Waals surface area (Å²) in [6.45, 7) is 15.2. The van der Waals surface area contributed by atoms with Crippen molar-refractivity contribution in [3.63, 3.8) is 0 Å². The SMILES string of the molecule is c1cc2nc(c1)CN(CCC1OCCO1)CCN(CCC1OCCO1)Cc1cccc(n1)CN(CCC1OCCO1)CCN(CCC1OCCO1)C2. The first-order valence-corrected chi connectivity index (χ1v) is 19.4. The Morgan fingerprint density at radius 2 is 0.615 bits per heavy atom. The van der Waals surface area contributed by atoms with Gasteiger partial charge < -0.3 is 37.9 Å². The third kappa shape index (κ3) is 12.4. The minimum atomic E-state index is -0.147. The van der Waals surface area contributed by atoms with Crippen LogP contribution in [0.25, 0.3) is 0 Å². The fraction of sp³-hybridized carbons (Fsp3) is 0.737. The van der Waals surface area contributed by atoms with Crippen molar-refractivity contribution in [1.82, 2.24) is 29.6 Å². The molecule has 14 heteroatoms. The summed E-state index contributed by atoms with van der Waals surface area (Å²) in [6, 6.07) is 12.9. The molecule has 14 nitrogen and oxygen atoms in total. The molecule has 4 saturated heterocycles. The van der Waals surface area contributed by atoms with Crippen LogP contribution in [-0.2, 0) is 64.1 Å². The highest BCUT2D eigenvalue weighted by molar-refractivity contribution is 5.13. The number of pyridine rings is 2. The topological polar surface area (TPSA) is 113 Å². The number of ether oxygens (including phenoxy) is 8. The predicted octanol–water partition coefficient (Wildman–Crippen LogP) is 2.45. The maximum absolute atomic E-state index is 5.81. The zero-order chi connectivity index (χ0) is 35.2. The smallest absolute Gasteiger partial charge is 0.159 e. The molecule has 52 heavy (non-hydrogen) atoms. The predicted molar refractivity (Wildman–Crippen MR) is 191 cm³/mol. The van der Waals surface area contributed by atoms with E-state index in [4.69, 9.17) is 47.9 Å². The third-order valence-corrected chi connectivity index (χ3v) is 10.2. The van der Waals surface area contributed by atoms with Gasteiger partial charge in [0.05, 0.1) is 75.6 Å². The minimum absolute atomic E-state index is 0.147. The molecule has 7 heterocycles. The molecule has 5 aliphatic rings. The normalized spacial score (nSPS) is 23.8. The molecule has 5 aliphatic heterocycles. The van der Waals surface area contributed by atoms with Gasteiger partial charge in [0.1, 0.15) is 0 Å². The molecule has 0 atom stereocenters. The van der Waals surface area contributed by atoms with E-state index in [2.05, 4.69) is 56.0 Å². The van der Waals surface area contributed by atoms with Gasteiger partial charge in [-0.15, -0.1) is 0 Å². The molecule has 288 valence electrons. The van der Waals surface area contributed by atoms with Gasteiger partial charge in [-0.3, -0.25) is 29.6 Å². The van der Waals surface area contributed by atoms with Crippen molar-refractivity contribution in [3.05, 3.63) is 59.2 Å². The maximum atomic E-state index is 5.81. The second kappa shape index (κ2) is 20.5. The Kier molecular flexibility index (Phi) is 15.0. The summed E-state index contributed by atoms with van der Waals surface area (Å²) < 4.78 is 46.5. The average molecular weight is 727 g/mol. The number of fused-ring (bicyclic) bond motifs is 4. The number of hydrogen-bond acceptors (Lipinski definition) is 14. The molecular weight excluding hydrogens is 668 g/mol. The summed E-state index contributed by atoms with van der Waals surface area (Å²) >= 11 is 0. The molecule has 2 aromatic rings. The number of hydrogen-bond donors (Lipinski definition) is 0. The lowest BCUT2D eigenvalue weighted by atomic mass is 10.2. The lowest BCUT2D eigenvalue weighted by Crippen LogP contribution is -2.38. The molecule has 0 aliphatic carbocycles. The first-order valence-electron chi connectivity index (χ1n) is 19.4. The zero-order valence-corrected chi connectivity index (χ0v) is 30.7. The van der Waals surface area contributed by atoms with Crippen LogP contribution >= 0.6 is 0 Å². The van der Waals surface area contributed by atoms with Gasteiger partial charge in [-0.2, -0.15) is 0 Å². The van der Waals surface area contributed by atoms with Crippen LogP contribution in [0.3, 0.4) is 0 Å². The van der Waals surface area contributed by atoms with Gasteiger partial charge in [0.2, 0.25) is 0 Å². The van der Waals surface area contributed by atoms with E-state index >= 15 is 0 Å². The number of rotatable bonds is 12. The van der Waals surface area contributed by atoms with Crippen LogP contribution in [0.4, 0.5) is 0 Å². The molecule has 0 saturated carbocycles. The summed E-state index contributed by atoms with van der Waals surface area (Å²) in [5.41, 5.74) is 4.28. The monoisotopic (exact) mass is 726 g/mol. The van der Waals surface area contributed by atoms with Crippen molar-refractivity contribution in [2.75, 3.05) is 105 Å². The lowest BCUT2D eigenvalue weighted by Gasteiger charge is -2.30. The molecule has 0 unspecified atom stereocenters. The average Bonchev–Trinajstić information content (AvgIpc) is 4.01. The van der Waals surface area contributed by atoms with Gasteiger partial charge in [-0.05, 0) is 24.3 Å². The van der Waals surface area contributed by atoms with Crippen molar-refractivity contribution in [2.45, 2.75) is 77.0 Å². The highest BCUT2D eigenvalue weighted by Gasteiger charge is 2.24. The molecular formula is C38H58N6O8. The van der Waals surface area contributed by atoms with E-state index in [1.165, 1.54) is 0 Å². The van der Waals surface area contributed by atoms with Crippen molar-refractivity contribution in [3.8, 4) is 0 Å². The highest BCUT2D eigenvalue weighted by atomic mass is 16.7. The van der Waals surface area contributed by atoms with Gasteiger partial charge in [-0.25, -0.2) is 0 Å². The van der Waals surface area contributed by atoms with Crippen molar-refractivity contribution in [1.29, 1.82) is 0 Å². The van der Waals surface area contributed by atoms with Gasteiger partial charge >= 0.3 is 0 Å². The largest absolute Gasteiger partial charge is 0.350 e. The van der Waals surface area contributed by atoms with E-state index in [0.29, 0.717) is 52.9 Å². The van der Waals surface area contributed by atoms with Crippen LogP contribution in [0.15, 0.2) is 36.4 Å². The molecule has 0 amide bonds. The molecule has 4 bridgehead atoms. The van der Waals surface area contributed by atoms with E-state index < -0.39 is 0 Å². The lowest BCUT2D eigenvalue weighted by molar-refractivity contribution is -0.0550. The standard InChI is InChI=1S/C38H58N6O8/c1-3-31-27-41(11-7-35-45-19-20-46-35)15-17-43(13-9-37-49-23-24-50-37)29-33-5-2-6-34(40-33)30-44(14-10-38-51-25-26-52-38)18-16-42(28-32(4-1)39-31)12-8-36-47-21-22-48-36/h1-6,35-38H,7-30H2. The van der Waals surface area contributed by atoms with E-state index in [1.807, 2.05) is 0 Å². The van der Waals surface area contributed by atoms with Crippen LogP contribution in [0.2, 0.25) is 0 Å².